The first-order valence-corrected chi connectivity index (χ1v) is 13.2. The van der Waals surface area contributed by atoms with Crippen LogP contribution in [0.3, 0.4) is 0 Å². The lowest BCUT2D eigenvalue weighted by Gasteiger charge is -2.41. The van der Waals surface area contributed by atoms with Gasteiger partial charge in [0.2, 0.25) is 0 Å². The number of carbonyl (C=O) groups is 1. The predicted molar refractivity (Wildman–Crippen MR) is 144 cm³/mol. The molecule has 208 valence electrons. The van der Waals surface area contributed by atoms with Crippen LogP contribution in [0.5, 0.6) is 0 Å². The average Bonchev–Trinajstić information content (AvgIpc) is 3.60. The standard InChI is InChI=1S/C28H31FN8O3/c1-17-12-24(36-40-17)34-23-6-4-20(13-30)26(35-23)19-8-10-28(39-3,11-9-19)27(38)33-18(2)21-5-7-25(31-14-21)37-16-22(29)15-32-37/h4-7,12,14-16,18-20,26H,8-11H2,1-3H3,(H,33,38)(H,34,35,36)/t18-,19-,20?,26?,28-/m0/s1. The molecule has 40 heavy (non-hydrogen) atoms. The summed E-state index contributed by atoms with van der Waals surface area (Å²) in [5.74, 6) is 1.47. The van der Waals surface area contributed by atoms with Crippen molar-refractivity contribution in [3.05, 3.63) is 66.1 Å². The number of aliphatic imine (C=N–C) groups is 1. The number of nitriles is 1. The molecule has 11 nitrogen and oxygen atoms in total. The molecule has 2 N–H and O–H groups in total. The molecule has 2 aliphatic rings. The van der Waals surface area contributed by atoms with Gasteiger partial charge in [-0.2, -0.15) is 10.4 Å². The van der Waals surface area contributed by atoms with E-state index < -0.39 is 11.4 Å². The molecule has 2 unspecified atom stereocenters. The number of ether oxygens (including phenoxy) is 1. The molecule has 3 aromatic rings. The SMILES string of the molecule is CO[C@]1(C(=O)N[C@@H](C)c2ccc(-n3cc(F)cn3)nc2)CC[C@@H](C2N=C(Nc3cc(C)on3)C=CC2C#N)CC1. The molecule has 0 spiro atoms. The van der Waals surface area contributed by atoms with Crippen molar-refractivity contribution in [2.24, 2.45) is 16.8 Å². The van der Waals surface area contributed by atoms with Gasteiger partial charge in [0.15, 0.2) is 17.5 Å². The normalized spacial score (nSPS) is 25.1. The van der Waals surface area contributed by atoms with Gasteiger partial charge < -0.3 is 19.9 Å². The third-order valence-electron chi connectivity index (χ3n) is 7.68. The van der Waals surface area contributed by atoms with Gasteiger partial charge in [-0.1, -0.05) is 17.3 Å². The molecule has 4 heterocycles. The highest BCUT2D eigenvalue weighted by atomic mass is 19.1. The first-order chi connectivity index (χ1) is 19.3. The Labute approximate surface area is 231 Å². The molecular weight excluding hydrogens is 515 g/mol. The second-order valence-electron chi connectivity index (χ2n) is 10.3. The number of nitrogens with one attached hydrogen (secondary N) is 2. The highest BCUT2D eigenvalue weighted by molar-refractivity contribution is 6.03. The molecule has 3 aromatic heterocycles. The Morgan fingerprint density at radius 2 is 2.12 bits per heavy atom. The lowest BCUT2D eigenvalue weighted by atomic mass is 9.72. The van der Waals surface area contributed by atoms with Gasteiger partial charge in [-0.3, -0.25) is 9.79 Å². The fraction of sp³-hybridized carbons (Fsp3) is 0.429. The van der Waals surface area contributed by atoms with Gasteiger partial charge in [0.25, 0.3) is 5.91 Å². The van der Waals surface area contributed by atoms with E-state index in [2.05, 4.69) is 31.9 Å². The van der Waals surface area contributed by atoms with E-state index in [0.717, 1.165) is 11.8 Å². The van der Waals surface area contributed by atoms with Crippen LogP contribution in [0, 0.1) is 35.9 Å². The molecule has 1 saturated carbocycles. The van der Waals surface area contributed by atoms with E-state index in [1.807, 2.05) is 26.0 Å². The summed E-state index contributed by atoms with van der Waals surface area (Å²) in [7, 11) is 1.56. The van der Waals surface area contributed by atoms with Crippen LogP contribution in [0.4, 0.5) is 10.2 Å². The topological polar surface area (TPSA) is 143 Å². The minimum absolute atomic E-state index is 0.114. The van der Waals surface area contributed by atoms with Crippen molar-refractivity contribution in [3.63, 3.8) is 0 Å². The van der Waals surface area contributed by atoms with Crippen molar-refractivity contribution < 1.29 is 18.4 Å². The van der Waals surface area contributed by atoms with Crippen LogP contribution in [0.15, 0.2) is 58.5 Å². The number of rotatable bonds is 7. The zero-order valence-corrected chi connectivity index (χ0v) is 22.5. The number of aryl methyl sites for hydroxylation is 1. The van der Waals surface area contributed by atoms with Crippen LogP contribution >= 0.6 is 0 Å². The zero-order chi connectivity index (χ0) is 28.3. The quantitative estimate of drug-likeness (QED) is 0.452. The van der Waals surface area contributed by atoms with E-state index in [-0.39, 0.29) is 29.8 Å². The zero-order valence-electron chi connectivity index (χ0n) is 22.5. The van der Waals surface area contributed by atoms with Crippen LogP contribution in [0.25, 0.3) is 5.82 Å². The Balaban J connectivity index is 1.22. The Kier molecular flexibility index (Phi) is 7.75. The molecule has 0 aromatic carbocycles. The fourth-order valence-corrected chi connectivity index (χ4v) is 5.34. The highest BCUT2D eigenvalue weighted by Gasteiger charge is 2.45. The molecular formula is C28H31FN8O3. The monoisotopic (exact) mass is 546 g/mol. The van der Waals surface area contributed by atoms with Crippen LogP contribution in [-0.4, -0.2) is 50.4 Å². The van der Waals surface area contributed by atoms with E-state index in [1.54, 1.807) is 31.5 Å². The predicted octanol–water partition coefficient (Wildman–Crippen LogP) is 4.04. The van der Waals surface area contributed by atoms with Gasteiger partial charge >= 0.3 is 0 Å². The van der Waals surface area contributed by atoms with Gasteiger partial charge in [0.1, 0.15) is 17.2 Å². The lowest BCUT2D eigenvalue weighted by molar-refractivity contribution is -0.149. The first kappa shape index (κ1) is 27.2. The number of hydrogen-bond acceptors (Lipinski definition) is 9. The van der Waals surface area contributed by atoms with Crippen molar-refractivity contribution in [1.82, 2.24) is 25.2 Å². The Bertz CT molecular complexity index is 1450. The van der Waals surface area contributed by atoms with Gasteiger partial charge in [-0.25, -0.2) is 14.1 Å². The summed E-state index contributed by atoms with van der Waals surface area (Å²) >= 11 is 0. The fourth-order valence-electron chi connectivity index (χ4n) is 5.34. The number of amides is 1. The number of aromatic nitrogens is 4. The summed E-state index contributed by atoms with van der Waals surface area (Å²) < 4.78 is 25.6. The Hall–Kier alpha value is -4.37. The van der Waals surface area contributed by atoms with Crippen molar-refractivity contribution in [3.8, 4) is 11.9 Å². The number of dihydropyridines is 1. The van der Waals surface area contributed by atoms with Crippen molar-refractivity contribution >= 4 is 17.6 Å². The van der Waals surface area contributed by atoms with E-state index in [9.17, 15) is 14.4 Å². The largest absolute Gasteiger partial charge is 0.368 e. The maximum absolute atomic E-state index is 13.5. The van der Waals surface area contributed by atoms with Gasteiger partial charge in [-0.05, 0) is 63.2 Å². The van der Waals surface area contributed by atoms with Gasteiger partial charge in [-0.15, -0.1) is 0 Å². The molecule has 0 radical (unpaired) electrons. The summed E-state index contributed by atoms with van der Waals surface area (Å²) in [6.45, 7) is 3.69. The number of amidine groups is 1. The van der Waals surface area contributed by atoms with Gasteiger partial charge in [0.05, 0.1) is 36.5 Å². The maximum atomic E-state index is 13.5. The maximum Gasteiger partial charge on any atom is 0.252 e. The molecule has 5 rings (SSSR count). The van der Waals surface area contributed by atoms with Crippen LogP contribution in [0.1, 0.15) is 50.0 Å². The molecule has 1 aliphatic carbocycles. The lowest BCUT2D eigenvalue weighted by Crippen LogP contribution is -2.52. The number of hydrogen-bond donors (Lipinski definition) is 2. The number of pyridine rings is 1. The summed E-state index contributed by atoms with van der Waals surface area (Å²) in [5, 5.41) is 23.8. The number of carbonyl (C=O) groups excluding carboxylic acids is 1. The number of methoxy groups -OCH3 is 1. The second kappa shape index (κ2) is 11.4. The summed E-state index contributed by atoms with van der Waals surface area (Å²) in [6, 6.07) is 7.12. The third-order valence-corrected chi connectivity index (χ3v) is 7.68. The molecule has 1 fully saturated rings. The highest BCUT2D eigenvalue weighted by Crippen LogP contribution is 2.40. The molecule has 0 saturated heterocycles. The van der Waals surface area contributed by atoms with Crippen LogP contribution in [0.2, 0.25) is 0 Å². The second-order valence-corrected chi connectivity index (χ2v) is 10.3. The summed E-state index contributed by atoms with van der Waals surface area (Å²) in [6.07, 6.45) is 10.0. The number of halogens is 1. The Morgan fingerprint density at radius 1 is 1.32 bits per heavy atom. The number of nitrogens with zero attached hydrogens (tertiary/aromatic N) is 6. The molecule has 1 amide bonds. The minimum Gasteiger partial charge on any atom is -0.368 e. The summed E-state index contributed by atoms with van der Waals surface area (Å²) in [4.78, 5) is 22.6. The number of anilines is 1. The van der Waals surface area contributed by atoms with Crippen molar-refractivity contribution in [2.45, 2.75) is 57.2 Å². The van der Waals surface area contributed by atoms with E-state index in [4.69, 9.17) is 14.3 Å². The molecule has 12 heteroatoms. The minimum atomic E-state index is -0.972. The first-order valence-electron chi connectivity index (χ1n) is 13.2. The summed E-state index contributed by atoms with van der Waals surface area (Å²) in [5.41, 5.74) is -0.174. The molecule has 3 atom stereocenters. The van der Waals surface area contributed by atoms with Crippen LogP contribution in [-0.2, 0) is 9.53 Å². The van der Waals surface area contributed by atoms with Gasteiger partial charge in [0, 0.05) is 19.4 Å². The molecule has 1 aliphatic heterocycles. The van der Waals surface area contributed by atoms with E-state index in [0.29, 0.717) is 48.9 Å². The van der Waals surface area contributed by atoms with E-state index in [1.165, 1.54) is 10.9 Å². The van der Waals surface area contributed by atoms with E-state index >= 15 is 0 Å². The van der Waals surface area contributed by atoms with Crippen LogP contribution < -0.4 is 10.6 Å². The van der Waals surface area contributed by atoms with Crippen molar-refractivity contribution in [2.75, 3.05) is 12.4 Å². The van der Waals surface area contributed by atoms with Crippen molar-refractivity contribution in [1.29, 1.82) is 5.26 Å². The third kappa shape index (κ3) is 5.65. The Morgan fingerprint density at radius 3 is 2.73 bits per heavy atom. The average molecular weight is 547 g/mol. The molecule has 0 bridgehead atoms. The smallest absolute Gasteiger partial charge is 0.252 e.